The van der Waals surface area contributed by atoms with E-state index < -0.39 is 11.9 Å². The highest BCUT2D eigenvalue weighted by atomic mass is 35.5. The molecule has 9 heteroatoms. The third-order valence-corrected chi connectivity index (χ3v) is 6.49. The Balaban J connectivity index is 1.46. The van der Waals surface area contributed by atoms with Crippen LogP contribution in [0.4, 0.5) is 19.0 Å². The topological polar surface area (TPSA) is 41.4 Å². The van der Waals surface area contributed by atoms with E-state index in [2.05, 4.69) is 34.7 Å². The van der Waals surface area contributed by atoms with Crippen LogP contribution in [0.2, 0.25) is 5.02 Å². The van der Waals surface area contributed by atoms with Crippen LogP contribution in [0.5, 0.6) is 0 Å². The van der Waals surface area contributed by atoms with Gasteiger partial charge in [0.15, 0.2) is 11.3 Å². The molecule has 2 unspecified atom stereocenters. The first-order chi connectivity index (χ1) is 15.2. The highest BCUT2D eigenvalue weighted by Crippen LogP contribution is 2.32. The number of nitrogens with zero attached hydrogens (tertiary/aromatic N) is 2. The summed E-state index contributed by atoms with van der Waals surface area (Å²) in [5.41, 5.74) is 1.38. The van der Waals surface area contributed by atoms with Gasteiger partial charge in [0.05, 0.1) is 5.02 Å². The van der Waals surface area contributed by atoms with Crippen molar-refractivity contribution in [1.82, 2.24) is 14.7 Å². The van der Waals surface area contributed by atoms with Gasteiger partial charge >= 0.3 is 6.18 Å². The van der Waals surface area contributed by atoms with E-state index >= 15 is 0 Å². The minimum atomic E-state index is -4.53. The average molecular weight is 481 g/mol. The molecule has 1 fully saturated rings. The van der Waals surface area contributed by atoms with Crippen LogP contribution in [0.3, 0.4) is 0 Å². The Morgan fingerprint density at radius 1 is 1.16 bits per heavy atom. The van der Waals surface area contributed by atoms with Gasteiger partial charge in [0.1, 0.15) is 10.8 Å². The molecular formula is C23H24ClF3N4S. The lowest BCUT2D eigenvalue weighted by Gasteiger charge is -2.32. The van der Waals surface area contributed by atoms with Crippen molar-refractivity contribution < 1.29 is 13.2 Å². The summed E-state index contributed by atoms with van der Waals surface area (Å²) in [6.45, 7) is 2.11. The molecule has 0 spiro atoms. The van der Waals surface area contributed by atoms with Crippen LogP contribution in [0.25, 0.3) is 5.65 Å². The molecule has 0 radical (unpaired) electrons. The number of hydrogen-bond donors (Lipinski definition) is 2. The number of pyridine rings is 1. The molecule has 0 amide bonds. The van der Waals surface area contributed by atoms with Crippen LogP contribution >= 0.6 is 23.8 Å². The number of anilines is 1. The van der Waals surface area contributed by atoms with E-state index in [1.165, 1.54) is 9.96 Å². The second kappa shape index (κ2) is 9.27. The Bertz CT molecular complexity index is 1110. The second-order valence-electron chi connectivity index (χ2n) is 8.11. The lowest BCUT2D eigenvalue weighted by atomic mass is 9.90. The molecule has 2 N–H and O–H groups in total. The molecular weight excluding hydrogens is 457 g/mol. The lowest BCUT2D eigenvalue weighted by molar-refractivity contribution is -0.140. The average Bonchev–Trinajstić information content (AvgIpc) is 3.23. The van der Waals surface area contributed by atoms with Crippen LogP contribution in [0, 0.1) is 0 Å². The largest absolute Gasteiger partial charge is 0.434 e. The normalized spacial score (nSPS) is 19.2. The molecule has 2 heterocycles. The highest BCUT2D eigenvalue weighted by Gasteiger charge is 2.34. The Labute approximate surface area is 195 Å². The zero-order chi connectivity index (χ0) is 22.9. The Morgan fingerprint density at radius 2 is 1.88 bits per heavy atom. The number of fused-ring (bicyclic) bond motifs is 1. The minimum Gasteiger partial charge on any atom is -0.373 e. The summed E-state index contributed by atoms with van der Waals surface area (Å²) in [7, 11) is 0. The maximum atomic E-state index is 13.1. The number of benzene rings is 1. The fourth-order valence-electron chi connectivity index (χ4n) is 4.12. The zero-order valence-electron chi connectivity index (χ0n) is 17.5. The Kier molecular flexibility index (Phi) is 6.62. The smallest absolute Gasteiger partial charge is 0.373 e. The summed E-state index contributed by atoms with van der Waals surface area (Å²) in [5.74, 6) is 0.538. The minimum absolute atomic E-state index is 0.0891. The zero-order valence-corrected chi connectivity index (χ0v) is 19.1. The van der Waals surface area contributed by atoms with Crippen LogP contribution in [-0.4, -0.2) is 26.5 Å². The molecule has 2 atom stereocenters. The number of aryl methyl sites for hydroxylation is 1. The van der Waals surface area contributed by atoms with Crippen molar-refractivity contribution in [2.24, 2.45) is 0 Å². The van der Waals surface area contributed by atoms with Gasteiger partial charge in [-0.25, -0.2) is 4.98 Å². The summed E-state index contributed by atoms with van der Waals surface area (Å²) in [6, 6.07) is 11.8. The van der Waals surface area contributed by atoms with Crippen molar-refractivity contribution in [2.45, 2.75) is 57.3 Å². The van der Waals surface area contributed by atoms with E-state index in [9.17, 15) is 13.2 Å². The summed E-state index contributed by atoms with van der Waals surface area (Å²) in [4.78, 5) is 4.39. The van der Waals surface area contributed by atoms with Gasteiger partial charge in [0.25, 0.3) is 0 Å². The number of thiocarbonyl (C=S) groups is 1. The molecule has 0 saturated heterocycles. The van der Waals surface area contributed by atoms with Crippen LogP contribution < -0.4 is 10.6 Å². The molecule has 1 aliphatic rings. The van der Waals surface area contributed by atoms with Crippen molar-refractivity contribution in [3.8, 4) is 0 Å². The highest BCUT2D eigenvalue weighted by molar-refractivity contribution is 7.80. The summed E-state index contributed by atoms with van der Waals surface area (Å²) in [6.07, 6.45) is 1.13. The Hall–Kier alpha value is -2.32. The Morgan fingerprint density at radius 3 is 2.56 bits per heavy atom. The van der Waals surface area contributed by atoms with Crippen LogP contribution in [0.15, 0.2) is 42.6 Å². The molecule has 32 heavy (non-hydrogen) atoms. The molecule has 0 aliphatic heterocycles. The first-order valence-electron chi connectivity index (χ1n) is 10.7. The fourth-order valence-corrected chi connectivity index (χ4v) is 4.61. The van der Waals surface area contributed by atoms with Crippen LogP contribution in [0.1, 0.15) is 49.4 Å². The van der Waals surface area contributed by atoms with Gasteiger partial charge < -0.3 is 10.6 Å². The quantitative estimate of drug-likeness (QED) is 0.423. The number of imidazole rings is 1. The monoisotopic (exact) mass is 480 g/mol. The van der Waals surface area contributed by atoms with E-state index in [4.69, 9.17) is 23.8 Å². The number of hydrogen-bond acceptors (Lipinski definition) is 3. The number of aromatic nitrogens is 2. The van der Waals surface area contributed by atoms with E-state index in [0.717, 1.165) is 48.9 Å². The lowest BCUT2D eigenvalue weighted by Crippen LogP contribution is -2.41. The summed E-state index contributed by atoms with van der Waals surface area (Å²) < 4.78 is 40.8. The SMILES string of the molecule is CCc1ccc(C(=S)NC2CCCC(Nc3ccc(Cl)c4nc(C(F)(F)F)cn34)C2)cc1. The fraction of sp³-hybridized carbons (Fsp3) is 0.391. The van der Waals surface area contributed by atoms with Gasteiger partial charge in [-0.3, -0.25) is 4.40 Å². The molecule has 1 aromatic carbocycles. The van der Waals surface area contributed by atoms with E-state index in [1.54, 1.807) is 12.1 Å². The van der Waals surface area contributed by atoms with Crippen molar-refractivity contribution >= 4 is 40.3 Å². The van der Waals surface area contributed by atoms with Crippen molar-refractivity contribution in [2.75, 3.05) is 5.32 Å². The molecule has 0 bridgehead atoms. The van der Waals surface area contributed by atoms with Gasteiger partial charge in [-0.2, -0.15) is 13.2 Å². The van der Waals surface area contributed by atoms with Crippen molar-refractivity contribution in [3.63, 3.8) is 0 Å². The first kappa shape index (κ1) is 22.9. The van der Waals surface area contributed by atoms with Crippen molar-refractivity contribution in [3.05, 3.63) is 64.4 Å². The van der Waals surface area contributed by atoms with Gasteiger partial charge in [-0.05, 0) is 49.8 Å². The number of halogens is 4. The first-order valence-corrected chi connectivity index (χ1v) is 11.4. The predicted molar refractivity (Wildman–Crippen MR) is 126 cm³/mol. The molecule has 170 valence electrons. The summed E-state index contributed by atoms with van der Waals surface area (Å²) >= 11 is 11.7. The number of rotatable bonds is 5. The van der Waals surface area contributed by atoms with Gasteiger partial charge in [0, 0.05) is 23.8 Å². The second-order valence-corrected chi connectivity index (χ2v) is 8.93. The molecule has 2 aromatic heterocycles. The van der Waals surface area contributed by atoms with E-state index in [0.29, 0.717) is 5.82 Å². The number of nitrogens with one attached hydrogen (secondary N) is 2. The molecule has 4 rings (SSSR count). The molecule has 1 saturated carbocycles. The van der Waals surface area contributed by atoms with E-state index in [1.807, 2.05) is 12.1 Å². The molecule has 3 aromatic rings. The standard InChI is InChI=1S/C23H24ClF3N4S/c1-2-14-6-8-15(9-7-14)22(32)29-17-5-3-4-16(12-17)28-20-11-10-18(24)21-30-19(13-31(20)21)23(25,26)27/h6-11,13,16-17,28H,2-5,12H2,1H3,(H,29,32). The maximum absolute atomic E-state index is 13.1. The third kappa shape index (κ3) is 5.02. The van der Waals surface area contributed by atoms with E-state index in [-0.39, 0.29) is 22.8 Å². The molecule has 4 nitrogen and oxygen atoms in total. The van der Waals surface area contributed by atoms with Gasteiger partial charge in [0.2, 0.25) is 0 Å². The third-order valence-electron chi connectivity index (χ3n) is 5.84. The van der Waals surface area contributed by atoms with Gasteiger partial charge in [-0.15, -0.1) is 0 Å². The maximum Gasteiger partial charge on any atom is 0.434 e. The predicted octanol–water partition coefficient (Wildman–Crippen LogP) is 6.26. The van der Waals surface area contributed by atoms with Crippen LogP contribution in [-0.2, 0) is 12.6 Å². The van der Waals surface area contributed by atoms with Gasteiger partial charge in [-0.1, -0.05) is 55.0 Å². The number of alkyl halides is 3. The molecule has 1 aliphatic carbocycles. The summed E-state index contributed by atoms with van der Waals surface area (Å²) in [5, 5.41) is 7.02. The van der Waals surface area contributed by atoms with Crippen molar-refractivity contribution in [1.29, 1.82) is 0 Å².